The van der Waals surface area contributed by atoms with Crippen LogP contribution in [-0.2, 0) is 0 Å². The zero-order valence-corrected chi connectivity index (χ0v) is 13.5. The molecule has 5 aromatic rings. The number of aromatic hydroxyl groups is 1. The van der Waals surface area contributed by atoms with Crippen molar-refractivity contribution in [3.63, 3.8) is 0 Å². The minimum absolute atomic E-state index is 0.0416. The number of hydrogen-bond donors (Lipinski definition) is 1. The van der Waals surface area contributed by atoms with Crippen LogP contribution in [0.3, 0.4) is 0 Å². The first-order chi connectivity index (χ1) is 12.0. The Balaban J connectivity index is 2.35. The maximum absolute atomic E-state index is 12.7. The number of hydrogen-bond acceptors (Lipinski definition) is 5. The third-order valence-electron chi connectivity index (χ3n) is 4.90. The van der Waals surface area contributed by atoms with Gasteiger partial charge in [-0.3, -0.25) is 0 Å². The Labute approximate surface area is 140 Å². The van der Waals surface area contributed by atoms with E-state index in [2.05, 4.69) is 0 Å². The molecule has 0 spiro atoms. The molecular weight excluding hydrogens is 320 g/mol. The van der Waals surface area contributed by atoms with Gasteiger partial charge in [-0.15, -0.1) is 0 Å². The summed E-state index contributed by atoms with van der Waals surface area (Å²) in [6, 6.07) is 8.71. The van der Waals surface area contributed by atoms with E-state index in [4.69, 9.17) is 8.83 Å². The largest absolute Gasteiger partial charge is 0.506 e. The lowest BCUT2D eigenvalue weighted by atomic mass is 9.94. The highest BCUT2D eigenvalue weighted by Crippen LogP contribution is 2.42. The zero-order valence-electron chi connectivity index (χ0n) is 13.5. The maximum atomic E-state index is 12.7. The van der Waals surface area contributed by atoms with Crippen molar-refractivity contribution in [2.45, 2.75) is 13.8 Å². The Hall–Kier alpha value is -3.34. The first-order valence-corrected chi connectivity index (χ1v) is 7.85. The Morgan fingerprint density at radius 2 is 1.48 bits per heavy atom. The molecule has 25 heavy (non-hydrogen) atoms. The minimum atomic E-state index is -0.655. The summed E-state index contributed by atoms with van der Waals surface area (Å²) in [4.78, 5) is 25.2. The second kappa shape index (κ2) is 4.39. The van der Waals surface area contributed by atoms with Crippen LogP contribution in [0.2, 0.25) is 0 Å². The zero-order chi connectivity index (χ0) is 17.5. The molecule has 5 heteroatoms. The average Bonchev–Trinajstić information content (AvgIpc) is 2.57. The Morgan fingerprint density at radius 1 is 0.760 bits per heavy atom. The SMILES string of the molecule is Cc1ccc2oc(=O)c3c(O)c4cccc(C)c4c4oc(=O)c1c2c34. The Morgan fingerprint density at radius 3 is 2.28 bits per heavy atom. The van der Waals surface area contributed by atoms with Crippen LogP contribution in [0.25, 0.3) is 43.5 Å². The van der Waals surface area contributed by atoms with Gasteiger partial charge in [-0.2, -0.15) is 0 Å². The molecular formula is C20H12O5. The summed E-state index contributed by atoms with van der Waals surface area (Å²) in [6.45, 7) is 3.66. The van der Waals surface area contributed by atoms with Crippen molar-refractivity contribution in [2.75, 3.05) is 0 Å². The lowest BCUT2D eigenvalue weighted by molar-refractivity contribution is 0.483. The molecule has 0 aliphatic heterocycles. The van der Waals surface area contributed by atoms with Gasteiger partial charge in [0, 0.05) is 21.5 Å². The summed E-state index contributed by atoms with van der Waals surface area (Å²) in [5.74, 6) is -0.154. The van der Waals surface area contributed by atoms with Crippen LogP contribution in [0.15, 0.2) is 48.8 Å². The van der Waals surface area contributed by atoms with Crippen molar-refractivity contribution in [1.29, 1.82) is 0 Å². The van der Waals surface area contributed by atoms with Gasteiger partial charge in [0.25, 0.3) is 0 Å². The smallest absolute Gasteiger partial charge is 0.348 e. The third kappa shape index (κ3) is 1.57. The molecule has 5 nitrogen and oxygen atoms in total. The normalized spacial score (nSPS) is 12.1. The predicted molar refractivity (Wildman–Crippen MR) is 95.9 cm³/mol. The second-order valence-corrected chi connectivity index (χ2v) is 6.33. The summed E-state index contributed by atoms with van der Waals surface area (Å²) in [6.07, 6.45) is 0. The first-order valence-electron chi connectivity index (χ1n) is 7.85. The van der Waals surface area contributed by atoms with E-state index in [9.17, 15) is 14.7 Å². The number of aryl methyl sites for hydroxylation is 2. The van der Waals surface area contributed by atoms with E-state index in [1.54, 1.807) is 31.2 Å². The van der Waals surface area contributed by atoms with Crippen LogP contribution in [0, 0.1) is 13.8 Å². The summed E-state index contributed by atoms with van der Waals surface area (Å²) in [5.41, 5.74) is 1.04. The van der Waals surface area contributed by atoms with Gasteiger partial charge in [-0.25, -0.2) is 9.59 Å². The van der Waals surface area contributed by atoms with Gasteiger partial charge in [0.05, 0.1) is 5.39 Å². The second-order valence-electron chi connectivity index (χ2n) is 6.33. The van der Waals surface area contributed by atoms with Crippen LogP contribution in [-0.4, -0.2) is 5.11 Å². The van der Waals surface area contributed by atoms with Gasteiger partial charge in [0.1, 0.15) is 22.3 Å². The van der Waals surface area contributed by atoms with E-state index < -0.39 is 11.3 Å². The molecule has 2 heterocycles. The van der Waals surface area contributed by atoms with E-state index >= 15 is 0 Å². The van der Waals surface area contributed by atoms with Gasteiger partial charge in [0.2, 0.25) is 0 Å². The fourth-order valence-corrected chi connectivity index (χ4v) is 3.78. The quantitative estimate of drug-likeness (QED) is 0.264. The van der Waals surface area contributed by atoms with E-state index in [1.807, 2.05) is 13.0 Å². The highest BCUT2D eigenvalue weighted by atomic mass is 16.4. The van der Waals surface area contributed by atoms with E-state index in [0.29, 0.717) is 38.1 Å². The van der Waals surface area contributed by atoms with Gasteiger partial charge >= 0.3 is 11.3 Å². The summed E-state index contributed by atoms with van der Waals surface area (Å²) < 4.78 is 11.0. The van der Waals surface area contributed by atoms with E-state index in [-0.39, 0.29) is 11.1 Å². The molecule has 0 saturated carbocycles. The molecule has 0 radical (unpaired) electrons. The summed E-state index contributed by atoms with van der Waals surface area (Å²) >= 11 is 0. The fraction of sp³-hybridized carbons (Fsp3) is 0.100. The first kappa shape index (κ1) is 14.0. The van der Waals surface area contributed by atoms with Crippen LogP contribution in [0.5, 0.6) is 5.75 Å². The molecule has 5 rings (SSSR count). The lowest BCUT2D eigenvalue weighted by Gasteiger charge is -2.13. The maximum Gasteiger partial charge on any atom is 0.348 e. The number of benzene rings is 3. The molecule has 122 valence electrons. The molecule has 0 amide bonds. The number of fused-ring (bicyclic) bond motifs is 2. The van der Waals surface area contributed by atoms with Gasteiger partial charge < -0.3 is 13.9 Å². The molecule has 3 aromatic carbocycles. The highest BCUT2D eigenvalue weighted by Gasteiger charge is 2.24. The molecule has 0 aliphatic carbocycles. The number of phenols is 1. The molecule has 0 fully saturated rings. The molecule has 0 bridgehead atoms. The molecule has 0 saturated heterocycles. The molecule has 1 N–H and O–H groups in total. The Bertz CT molecular complexity index is 1450. The standard InChI is InChI=1S/C20H12O5/c1-8-4-3-5-10-12(8)18-15-14-11(24-20(23)16(15)17(10)21)7-6-9(2)13(14)19(22)25-18/h3-7,21H,1-2H3. The van der Waals surface area contributed by atoms with E-state index in [1.165, 1.54) is 0 Å². The molecule has 0 unspecified atom stereocenters. The highest BCUT2D eigenvalue weighted by molar-refractivity contribution is 6.28. The minimum Gasteiger partial charge on any atom is -0.506 e. The predicted octanol–water partition coefficient (Wildman–Crippen LogP) is 3.97. The van der Waals surface area contributed by atoms with Gasteiger partial charge in [0.15, 0.2) is 0 Å². The lowest BCUT2D eigenvalue weighted by Crippen LogP contribution is -2.08. The van der Waals surface area contributed by atoms with Crippen molar-refractivity contribution in [2.24, 2.45) is 0 Å². The Kier molecular flexibility index (Phi) is 2.46. The van der Waals surface area contributed by atoms with Gasteiger partial charge in [-0.1, -0.05) is 24.3 Å². The molecule has 0 atom stereocenters. The third-order valence-corrected chi connectivity index (χ3v) is 4.90. The number of phenolic OH excluding ortho intramolecular Hbond substituents is 1. The van der Waals surface area contributed by atoms with Crippen LogP contribution in [0.1, 0.15) is 11.1 Å². The van der Waals surface area contributed by atoms with Crippen molar-refractivity contribution < 1.29 is 13.9 Å². The summed E-state index contributed by atoms with van der Waals surface area (Å²) in [7, 11) is 0. The van der Waals surface area contributed by atoms with Crippen LogP contribution in [0.4, 0.5) is 0 Å². The number of rotatable bonds is 0. The monoisotopic (exact) mass is 332 g/mol. The van der Waals surface area contributed by atoms with Crippen LogP contribution < -0.4 is 11.3 Å². The topological polar surface area (TPSA) is 80.7 Å². The van der Waals surface area contributed by atoms with Crippen molar-refractivity contribution in [3.8, 4) is 5.75 Å². The van der Waals surface area contributed by atoms with Crippen molar-refractivity contribution in [3.05, 3.63) is 62.3 Å². The van der Waals surface area contributed by atoms with Gasteiger partial charge in [-0.05, 0) is 31.0 Å². The molecule has 2 aromatic heterocycles. The van der Waals surface area contributed by atoms with Crippen LogP contribution >= 0.6 is 0 Å². The molecule has 0 aliphatic rings. The average molecular weight is 332 g/mol. The van der Waals surface area contributed by atoms with E-state index in [0.717, 1.165) is 11.1 Å². The van der Waals surface area contributed by atoms with Crippen molar-refractivity contribution in [1.82, 2.24) is 0 Å². The van der Waals surface area contributed by atoms with Crippen molar-refractivity contribution >= 4 is 43.5 Å². The summed E-state index contributed by atoms with van der Waals surface area (Å²) in [5, 5.41) is 13.2. The fourth-order valence-electron chi connectivity index (χ4n) is 3.78.